The van der Waals surface area contributed by atoms with Gasteiger partial charge in [0.05, 0.1) is 6.10 Å². The molecule has 0 amide bonds. The highest BCUT2D eigenvalue weighted by Crippen LogP contribution is 2.35. The van der Waals surface area contributed by atoms with Crippen LogP contribution >= 0.6 is 0 Å². The Bertz CT molecular complexity index is 880. The van der Waals surface area contributed by atoms with Crippen molar-refractivity contribution < 1.29 is 38.5 Å². The quantitative estimate of drug-likeness (QED) is 0.288. The van der Waals surface area contributed by atoms with Gasteiger partial charge >= 0.3 is 23.9 Å². The number of hydrogen-bond acceptors (Lipinski definition) is 8. The van der Waals surface area contributed by atoms with Gasteiger partial charge in [0.25, 0.3) is 0 Å². The fraction of sp³-hybridized carbons (Fsp3) is 0.615. The van der Waals surface area contributed by atoms with E-state index in [1.165, 1.54) is 19.1 Å². The van der Waals surface area contributed by atoms with E-state index in [-0.39, 0.29) is 30.8 Å². The second kappa shape index (κ2) is 14.5. The molecule has 0 aliphatic rings. The van der Waals surface area contributed by atoms with Gasteiger partial charge in [-0.1, -0.05) is 33.8 Å². The molecular weight excluding hydrogens is 454 g/mol. The minimum Gasteiger partial charge on any atom is -0.480 e. The first-order chi connectivity index (χ1) is 16.3. The third kappa shape index (κ3) is 11.4. The van der Waals surface area contributed by atoms with Crippen molar-refractivity contribution in [3.8, 4) is 11.5 Å². The van der Waals surface area contributed by atoms with E-state index in [1.54, 1.807) is 13.0 Å². The average Bonchev–Trinajstić information content (AvgIpc) is 2.74. The molecule has 0 saturated heterocycles. The van der Waals surface area contributed by atoms with E-state index in [1.807, 2.05) is 27.7 Å². The maximum atomic E-state index is 12.5. The Labute approximate surface area is 207 Å². The first kappa shape index (κ1) is 30.1. The van der Waals surface area contributed by atoms with Crippen LogP contribution in [0.15, 0.2) is 18.2 Å². The van der Waals surface area contributed by atoms with E-state index >= 15 is 0 Å². The summed E-state index contributed by atoms with van der Waals surface area (Å²) in [5.41, 5.74) is 6.41. The molecule has 0 bridgehead atoms. The third-order valence-corrected chi connectivity index (χ3v) is 5.37. The van der Waals surface area contributed by atoms with Crippen LogP contribution in [0.4, 0.5) is 0 Å². The molecule has 1 aromatic carbocycles. The number of benzene rings is 1. The molecule has 3 N–H and O–H groups in total. The molecule has 0 radical (unpaired) electrons. The second-order valence-electron chi connectivity index (χ2n) is 9.65. The Hall–Kier alpha value is -2.94. The van der Waals surface area contributed by atoms with E-state index in [9.17, 15) is 24.3 Å². The monoisotopic (exact) mass is 493 g/mol. The molecule has 0 fully saturated rings. The maximum absolute atomic E-state index is 12.5. The van der Waals surface area contributed by atoms with Crippen molar-refractivity contribution >= 4 is 23.9 Å². The predicted octanol–water partition coefficient (Wildman–Crippen LogP) is 4.21. The van der Waals surface area contributed by atoms with Crippen LogP contribution in [0.5, 0.6) is 11.5 Å². The van der Waals surface area contributed by atoms with Crippen molar-refractivity contribution in [2.24, 2.45) is 17.6 Å². The normalized spacial score (nSPS) is 13.7. The second-order valence-corrected chi connectivity index (χ2v) is 9.65. The van der Waals surface area contributed by atoms with E-state index in [0.29, 0.717) is 30.2 Å². The van der Waals surface area contributed by atoms with Crippen LogP contribution in [0.3, 0.4) is 0 Å². The SMILES string of the molecule is CC(=O)OC(C)CC(c1ccc(OC(=O)CCC(C)C)c(OC(=O)CCC(C)C)c1)[C@H](N)C(=O)O. The average molecular weight is 494 g/mol. The van der Waals surface area contributed by atoms with E-state index in [4.69, 9.17) is 19.9 Å². The third-order valence-electron chi connectivity index (χ3n) is 5.37. The molecule has 0 saturated carbocycles. The van der Waals surface area contributed by atoms with Crippen molar-refractivity contribution in [3.63, 3.8) is 0 Å². The maximum Gasteiger partial charge on any atom is 0.321 e. The smallest absolute Gasteiger partial charge is 0.321 e. The van der Waals surface area contributed by atoms with Crippen LogP contribution in [0.1, 0.15) is 85.1 Å². The van der Waals surface area contributed by atoms with Crippen LogP contribution in [-0.2, 0) is 23.9 Å². The number of hydrogen-bond donors (Lipinski definition) is 2. The number of carbonyl (C=O) groups excluding carboxylic acids is 3. The van der Waals surface area contributed by atoms with Gasteiger partial charge in [-0.25, -0.2) is 0 Å². The number of esters is 3. The molecule has 0 heterocycles. The van der Waals surface area contributed by atoms with Crippen molar-refractivity contribution in [3.05, 3.63) is 23.8 Å². The Morgan fingerprint density at radius 3 is 1.86 bits per heavy atom. The molecule has 1 aromatic rings. The van der Waals surface area contributed by atoms with Gasteiger partial charge in [-0.3, -0.25) is 19.2 Å². The van der Waals surface area contributed by atoms with Gasteiger partial charge in [-0.15, -0.1) is 0 Å². The molecule has 9 heteroatoms. The highest BCUT2D eigenvalue weighted by Gasteiger charge is 2.30. The summed E-state index contributed by atoms with van der Waals surface area (Å²) in [4.78, 5) is 47.8. The van der Waals surface area contributed by atoms with Gasteiger partial charge in [0, 0.05) is 25.7 Å². The number of nitrogens with two attached hydrogens (primary N) is 1. The topological polar surface area (TPSA) is 142 Å². The van der Waals surface area contributed by atoms with Crippen LogP contribution in [0.2, 0.25) is 0 Å². The lowest BCUT2D eigenvalue weighted by Crippen LogP contribution is -2.38. The molecule has 0 spiro atoms. The number of carboxylic acids is 1. The lowest BCUT2D eigenvalue weighted by atomic mass is 9.87. The van der Waals surface area contributed by atoms with E-state index in [0.717, 1.165) is 0 Å². The highest BCUT2D eigenvalue weighted by molar-refractivity contribution is 5.77. The van der Waals surface area contributed by atoms with Crippen molar-refractivity contribution in [1.82, 2.24) is 0 Å². The number of aliphatic carboxylic acids is 1. The Kier molecular flexibility index (Phi) is 12.4. The summed E-state index contributed by atoms with van der Waals surface area (Å²) < 4.78 is 16.2. The summed E-state index contributed by atoms with van der Waals surface area (Å²) in [5, 5.41) is 9.54. The first-order valence-electron chi connectivity index (χ1n) is 12.0. The summed E-state index contributed by atoms with van der Waals surface area (Å²) >= 11 is 0. The molecule has 0 aromatic heterocycles. The van der Waals surface area contributed by atoms with Gasteiger partial charge < -0.3 is 25.1 Å². The van der Waals surface area contributed by atoms with Gasteiger partial charge in [0.1, 0.15) is 6.04 Å². The Morgan fingerprint density at radius 2 is 1.40 bits per heavy atom. The molecule has 35 heavy (non-hydrogen) atoms. The predicted molar refractivity (Wildman–Crippen MR) is 130 cm³/mol. The van der Waals surface area contributed by atoms with E-state index < -0.39 is 41.9 Å². The molecule has 196 valence electrons. The van der Waals surface area contributed by atoms with Crippen molar-refractivity contribution in [2.45, 2.75) is 91.7 Å². The fourth-order valence-corrected chi connectivity index (χ4v) is 3.43. The van der Waals surface area contributed by atoms with Crippen molar-refractivity contribution in [1.29, 1.82) is 0 Å². The van der Waals surface area contributed by atoms with Crippen LogP contribution in [0, 0.1) is 11.8 Å². The summed E-state index contributed by atoms with van der Waals surface area (Å²) in [5.74, 6) is -2.77. The summed E-state index contributed by atoms with van der Waals surface area (Å²) in [6.45, 7) is 10.9. The van der Waals surface area contributed by atoms with Crippen molar-refractivity contribution in [2.75, 3.05) is 0 Å². The number of carboxylic acid groups (broad SMARTS) is 1. The summed E-state index contributed by atoms with van der Waals surface area (Å²) in [6, 6.07) is 3.19. The van der Waals surface area contributed by atoms with Crippen LogP contribution < -0.4 is 15.2 Å². The lowest BCUT2D eigenvalue weighted by Gasteiger charge is -2.25. The molecule has 9 nitrogen and oxygen atoms in total. The molecule has 0 aliphatic carbocycles. The summed E-state index contributed by atoms with van der Waals surface area (Å²) in [7, 11) is 0. The zero-order valence-corrected chi connectivity index (χ0v) is 21.5. The molecule has 2 unspecified atom stereocenters. The first-order valence-corrected chi connectivity index (χ1v) is 12.0. The van der Waals surface area contributed by atoms with Gasteiger partial charge in [0.2, 0.25) is 0 Å². The van der Waals surface area contributed by atoms with Crippen LogP contribution in [-0.4, -0.2) is 41.1 Å². The molecule has 0 aliphatic heterocycles. The minimum atomic E-state index is -1.31. The zero-order chi connectivity index (χ0) is 26.7. The largest absolute Gasteiger partial charge is 0.480 e. The lowest BCUT2D eigenvalue weighted by molar-refractivity contribution is -0.146. The highest BCUT2D eigenvalue weighted by atomic mass is 16.6. The zero-order valence-electron chi connectivity index (χ0n) is 21.5. The number of carbonyl (C=O) groups is 4. The molecule has 1 rings (SSSR count). The molecular formula is C26H39NO8. The minimum absolute atomic E-state index is 0.0110. The van der Waals surface area contributed by atoms with Gasteiger partial charge in [-0.2, -0.15) is 0 Å². The van der Waals surface area contributed by atoms with Gasteiger partial charge in [0.15, 0.2) is 11.5 Å². The number of rotatable bonds is 14. The van der Waals surface area contributed by atoms with Crippen LogP contribution in [0.25, 0.3) is 0 Å². The van der Waals surface area contributed by atoms with Gasteiger partial charge in [-0.05, 0) is 55.7 Å². The number of ether oxygens (including phenoxy) is 3. The fourth-order valence-electron chi connectivity index (χ4n) is 3.43. The molecule has 3 atom stereocenters. The Balaban J connectivity index is 3.31. The standard InChI is InChI=1S/C26H39NO8/c1-15(2)7-11-23(29)34-21-10-9-19(14-22(21)35-24(30)12-8-16(3)4)20(25(27)26(31)32)13-17(5)33-18(6)28/h9-10,14-17,20,25H,7-8,11-13,27H2,1-6H3,(H,31,32)/t17?,20?,25-/m0/s1. The Morgan fingerprint density at radius 1 is 0.886 bits per heavy atom. The summed E-state index contributed by atoms with van der Waals surface area (Å²) in [6.07, 6.45) is 1.16. The van der Waals surface area contributed by atoms with E-state index in [2.05, 4.69) is 0 Å².